The van der Waals surface area contributed by atoms with E-state index in [-0.39, 0.29) is 23.2 Å². The van der Waals surface area contributed by atoms with Gasteiger partial charge in [0.25, 0.3) is 0 Å². The Balaban J connectivity index is 2.18. The van der Waals surface area contributed by atoms with Crippen LogP contribution in [0.3, 0.4) is 0 Å². The number of likely N-dealkylation sites (N-methyl/N-ethyl adjacent to an activating group) is 1. The third kappa shape index (κ3) is 3.60. The molecule has 0 aromatic heterocycles. The van der Waals surface area contributed by atoms with Gasteiger partial charge in [-0.3, -0.25) is 0 Å². The Labute approximate surface area is 122 Å². The van der Waals surface area contributed by atoms with Crippen molar-refractivity contribution in [1.82, 2.24) is 0 Å². The van der Waals surface area contributed by atoms with E-state index < -0.39 is 11.6 Å². The fourth-order valence-electron chi connectivity index (χ4n) is 2.48. The van der Waals surface area contributed by atoms with E-state index in [1.165, 1.54) is 4.90 Å². The van der Waals surface area contributed by atoms with Crippen LogP contribution in [0.2, 0.25) is 0 Å². The van der Waals surface area contributed by atoms with Crippen LogP contribution in [-0.2, 0) is 4.74 Å². The Hall–Kier alpha value is -1.89. The summed E-state index contributed by atoms with van der Waals surface area (Å²) in [6.45, 7) is 1.10. The molecule has 0 bridgehead atoms. The topological polar surface area (TPSA) is 71.1 Å². The molecule has 7 heteroatoms. The minimum Gasteiger partial charge on any atom is -0.409 e. The highest BCUT2D eigenvalue weighted by Crippen LogP contribution is 2.25. The maximum Gasteiger partial charge on any atom is 0.170 e. The van der Waals surface area contributed by atoms with Gasteiger partial charge >= 0.3 is 0 Å². The first-order valence-electron chi connectivity index (χ1n) is 6.82. The van der Waals surface area contributed by atoms with E-state index in [1.54, 1.807) is 7.05 Å². The summed E-state index contributed by atoms with van der Waals surface area (Å²) in [5, 5.41) is 11.3. The molecule has 1 saturated heterocycles. The standard InChI is InChI=1S/C14H19F2N3O2/c1-19(8-10-4-2-3-5-21-10)13-11(15)6-9(7-12(13)16)14(17)18-20/h6-7,10,20H,2-5,8H2,1H3,(H2,17,18). The highest BCUT2D eigenvalue weighted by atomic mass is 19.1. The molecule has 0 spiro atoms. The van der Waals surface area contributed by atoms with E-state index in [9.17, 15) is 8.78 Å². The van der Waals surface area contributed by atoms with Gasteiger partial charge in [-0.05, 0) is 31.4 Å². The lowest BCUT2D eigenvalue weighted by molar-refractivity contribution is 0.0215. The van der Waals surface area contributed by atoms with Crippen molar-refractivity contribution in [2.75, 3.05) is 25.1 Å². The van der Waals surface area contributed by atoms with Crippen molar-refractivity contribution >= 4 is 11.5 Å². The Morgan fingerprint density at radius 1 is 1.43 bits per heavy atom. The highest BCUT2D eigenvalue weighted by Gasteiger charge is 2.21. The predicted octanol–water partition coefficient (Wildman–Crippen LogP) is 2.06. The number of oxime groups is 1. The molecule has 2 rings (SSSR count). The second-order valence-corrected chi connectivity index (χ2v) is 5.14. The molecule has 0 amide bonds. The maximum atomic E-state index is 14.1. The van der Waals surface area contributed by atoms with E-state index in [0.29, 0.717) is 13.2 Å². The highest BCUT2D eigenvalue weighted by molar-refractivity contribution is 5.97. The number of hydrogen-bond donors (Lipinski definition) is 2. The van der Waals surface area contributed by atoms with Gasteiger partial charge in [0.05, 0.1) is 6.10 Å². The van der Waals surface area contributed by atoms with Gasteiger partial charge in [-0.15, -0.1) is 0 Å². The number of ether oxygens (including phenoxy) is 1. The Bertz CT molecular complexity index is 508. The molecular formula is C14H19F2N3O2. The van der Waals surface area contributed by atoms with Gasteiger partial charge < -0.3 is 20.6 Å². The first-order chi connectivity index (χ1) is 10.0. The van der Waals surface area contributed by atoms with Gasteiger partial charge in [-0.1, -0.05) is 5.16 Å². The molecule has 21 heavy (non-hydrogen) atoms. The lowest BCUT2D eigenvalue weighted by Crippen LogP contribution is -2.34. The second kappa shape index (κ2) is 6.71. The minimum absolute atomic E-state index is 0.00133. The number of nitrogens with zero attached hydrogens (tertiary/aromatic N) is 2. The van der Waals surface area contributed by atoms with Gasteiger partial charge in [0.15, 0.2) is 5.84 Å². The number of nitrogens with two attached hydrogens (primary N) is 1. The van der Waals surface area contributed by atoms with Crippen molar-refractivity contribution in [2.24, 2.45) is 10.9 Å². The smallest absolute Gasteiger partial charge is 0.170 e. The minimum atomic E-state index is -0.755. The normalized spacial score (nSPS) is 19.6. The molecule has 0 aliphatic carbocycles. The molecule has 1 unspecified atom stereocenters. The van der Waals surface area contributed by atoms with Crippen LogP contribution < -0.4 is 10.6 Å². The van der Waals surface area contributed by atoms with Crippen LogP contribution in [0.25, 0.3) is 0 Å². The summed E-state index contributed by atoms with van der Waals surface area (Å²) >= 11 is 0. The summed E-state index contributed by atoms with van der Waals surface area (Å²) in [6.07, 6.45) is 2.95. The number of benzene rings is 1. The fourth-order valence-corrected chi connectivity index (χ4v) is 2.48. The first-order valence-corrected chi connectivity index (χ1v) is 6.82. The molecule has 1 aliphatic rings. The van der Waals surface area contributed by atoms with Crippen molar-refractivity contribution in [3.8, 4) is 0 Å². The molecule has 0 saturated carbocycles. The van der Waals surface area contributed by atoms with Gasteiger partial charge in [-0.25, -0.2) is 8.78 Å². The van der Waals surface area contributed by atoms with Crippen molar-refractivity contribution in [3.63, 3.8) is 0 Å². The largest absolute Gasteiger partial charge is 0.409 e. The third-order valence-electron chi connectivity index (χ3n) is 3.55. The van der Waals surface area contributed by atoms with E-state index in [0.717, 1.165) is 31.4 Å². The molecule has 1 heterocycles. The Morgan fingerprint density at radius 3 is 2.62 bits per heavy atom. The number of anilines is 1. The zero-order valence-corrected chi connectivity index (χ0v) is 11.9. The van der Waals surface area contributed by atoms with Crippen molar-refractivity contribution in [1.29, 1.82) is 0 Å². The number of halogens is 2. The van der Waals surface area contributed by atoms with Crippen LogP contribution in [0, 0.1) is 11.6 Å². The average molecular weight is 299 g/mol. The van der Waals surface area contributed by atoms with E-state index in [4.69, 9.17) is 15.7 Å². The quantitative estimate of drug-likeness (QED) is 0.386. The monoisotopic (exact) mass is 299 g/mol. The summed E-state index contributed by atoms with van der Waals surface area (Å²) in [5.74, 6) is -1.84. The van der Waals surface area contributed by atoms with E-state index in [1.807, 2.05) is 0 Å². The molecule has 5 nitrogen and oxygen atoms in total. The molecule has 1 fully saturated rings. The third-order valence-corrected chi connectivity index (χ3v) is 3.55. The van der Waals surface area contributed by atoms with Crippen molar-refractivity contribution < 1.29 is 18.7 Å². The molecule has 1 aromatic rings. The van der Waals surface area contributed by atoms with Crippen molar-refractivity contribution in [2.45, 2.75) is 25.4 Å². The number of rotatable bonds is 4. The van der Waals surface area contributed by atoms with Crippen LogP contribution in [-0.4, -0.2) is 37.3 Å². The van der Waals surface area contributed by atoms with E-state index >= 15 is 0 Å². The molecule has 1 atom stereocenters. The molecule has 3 N–H and O–H groups in total. The van der Waals surface area contributed by atoms with E-state index in [2.05, 4.69) is 5.16 Å². The summed E-state index contributed by atoms with van der Waals surface area (Å²) in [6, 6.07) is 2.09. The lowest BCUT2D eigenvalue weighted by atomic mass is 10.1. The Kier molecular flexibility index (Phi) is 4.95. The first kappa shape index (κ1) is 15.5. The van der Waals surface area contributed by atoms with Crippen LogP contribution in [0.1, 0.15) is 24.8 Å². The predicted molar refractivity (Wildman–Crippen MR) is 75.7 cm³/mol. The number of hydrogen-bond acceptors (Lipinski definition) is 4. The zero-order valence-electron chi connectivity index (χ0n) is 11.9. The SMILES string of the molecule is CN(CC1CCCCO1)c1c(F)cc(C(N)=NO)cc1F. The number of amidine groups is 1. The fraction of sp³-hybridized carbons (Fsp3) is 0.500. The van der Waals surface area contributed by atoms with Crippen molar-refractivity contribution in [3.05, 3.63) is 29.3 Å². The van der Waals surface area contributed by atoms with Crippen LogP contribution >= 0.6 is 0 Å². The summed E-state index contributed by atoms with van der Waals surface area (Å²) in [5.41, 5.74) is 5.20. The molecule has 1 aromatic carbocycles. The maximum absolute atomic E-state index is 14.1. The van der Waals surface area contributed by atoms with Crippen LogP contribution in [0.5, 0.6) is 0 Å². The zero-order chi connectivity index (χ0) is 15.4. The lowest BCUT2D eigenvalue weighted by Gasteiger charge is -2.29. The van der Waals surface area contributed by atoms with Gasteiger partial charge in [-0.2, -0.15) is 0 Å². The second-order valence-electron chi connectivity index (χ2n) is 5.14. The van der Waals surface area contributed by atoms with Crippen LogP contribution in [0.15, 0.2) is 17.3 Å². The van der Waals surface area contributed by atoms with Gasteiger partial charge in [0.2, 0.25) is 0 Å². The molecule has 1 aliphatic heterocycles. The summed E-state index contributed by atoms with van der Waals surface area (Å²) < 4.78 is 33.8. The van der Waals surface area contributed by atoms with Gasteiger partial charge in [0.1, 0.15) is 17.3 Å². The average Bonchev–Trinajstić information content (AvgIpc) is 2.46. The Morgan fingerprint density at radius 2 is 2.10 bits per heavy atom. The molecule has 116 valence electrons. The molecular weight excluding hydrogens is 280 g/mol. The summed E-state index contributed by atoms with van der Waals surface area (Å²) in [7, 11) is 1.61. The van der Waals surface area contributed by atoms with Crippen LogP contribution in [0.4, 0.5) is 14.5 Å². The summed E-state index contributed by atoms with van der Waals surface area (Å²) in [4.78, 5) is 1.50. The van der Waals surface area contributed by atoms with Gasteiger partial charge in [0, 0.05) is 25.8 Å². The molecule has 0 radical (unpaired) electrons.